The molecule has 0 aromatic heterocycles. The molecule has 0 saturated carbocycles. The lowest BCUT2D eigenvalue weighted by atomic mass is 9.96. The molecule has 1 saturated heterocycles. The molecule has 170 valence electrons. The van der Waals surface area contributed by atoms with Crippen LogP contribution < -0.4 is 16.4 Å². The van der Waals surface area contributed by atoms with Crippen LogP contribution in [-0.2, 0) is 0 Å². The largest absolute Gasteiger partial charge is 0.369 e. The fourth-order valence-corrected chi connectivity index (χ4v) is 4.08. The van der Waals surface area contributed by atoms with Crippen molar-refractivity contribution in [2.45, 2.75) is 6.04 Å². The molecule has 0 unspecified atom stereocenters. The van der Waals surface area contributed by atoms with Gasteiger partial charge in [-0.15, -0.1) is 5.10 Å². The smallest absolute Gasteiger partial charge is 0.211 e. The van der Waals surface area contributed by atoms with Crippen molar-refractivity contribution in [2.24, 2.45) is 21.7 Å². The molecule has 0 amide bonds. The van der Waals surface area contributed by atoms with Crippen molar-refractivity contribution in [3.8, 4) is 0 Å². The maximum absolute atomic E-state index is 13.5. The van der Waals surface area contributed by atoms with E-state index in [1.165, 1.54) is 24.3 Å². The minimum absolute atomic E-state index is 0.0672. The monoisotopic (exact) mass is 448 g/mol. The predicted molar refractivity (Wildman–Crippen MR) is 128 cm³/mol. The minimum Gasteiger partial charge on any atom is -0.369 e. The van der Waals surface area contributed by atoms with E-state index in [4.69, 9.17) is 11.5 Å². The van der Waals surface area contributed by atoms with Crippen LogP contribution in [0.1, 0.15) is 22.7 Å². The number of piperazine rings is 1. The standard InChI is InChI=1S/C25H26F2N6/c26-21-7-3-19(4-8-21)24(20-5-9-22(27)10-6-20)33-15-13-32(14-16-33)23-11-1-18(2-12-23)17-30-31-25(28)29/h1-12,17,24H,13-16H2,(H4,28,29,31). The predicted octanol–water partition coefficient (Wildman–Crippen LogP) is 3.48. The molecule has 1 aliphatic heterocycles. The van der Waals surface area contributed by atoms with Crippen molar-refractivity contribution in [1.29, 1.82) is 0 Å². The van der Waals surface area contributed by atoms with Crippen LogP contribution in [0.25, 0.3) is 0 Å². The third kappa shape index (κ3) is 5.72. The number of rotatable bonds is 6. The first-order valence-corrected chi connectivity index (χ1v) is 10.7. The second kappa shape index (κ2) is 10.2. The van der Waals surface area contributed by atoms with Gasteiger partial charge >= 0.3 is 0 Å². The summed E-state index contributed by atoms with van der Waals surface area (Å²) in [6.45, 7) is 3.29. The maximum atomic E-state index is 13.5. The molecule has 0 spiro atoms. The van der Waals surface area contributed by atoms with Crippen LogP contribution in [0, 0.1) is 11.6 Å². The van der Waals surface area contributed by atoms with Gasteiger partial charge < -0.3 is 16.4 Å². The number of nitrogens with two attached hydrogens (primary N) is 2. The van der Waals surface area contributed by atoms with Crippen LogP contribution in [0.15, 0.2) is 83.0 Å². The van der Waals surface area contributed by atoms with Crippen molar-refractivity contribution < 1.29 is 8.78 Å². The fraction of sp³-hybridized carbons (Fsp3) is 0.200. The van der Waals surface area contributed by atoms with Gasteiger partial charge in [0.1, 0.15) is 11.6 Å². The Balaban J connectivity index is 1.47. The first-order valence-electron chi connectivity index (χ1n) is 10.7. The molecular formula is C25H26F2N6. The van der Waals surface area contributed by atoms with Gasteiger partial charge in [-0.1, -0.05) is 36.4 Å². The molecular weight excluding hydrogens is 422 g/mol. The van der Waals surface area contributed by atoms with Crippen LogP contribution in [0.3, 0.4) is 0 Å². The number of nitrogens with zero attached hydrogens (tertiary/aromatic N) is 4. The van der Waals surface area contributed by atoms with Gasteiger partial charge in [0, 0.05) is 31.9 Å². The zero-order valence-electron chi connectivity index (χ0n) is 18.1. The van der Waals surface area contributed by atoms with Crippen LogP contribution >= 0.6 is 0 Å². The van der Waals surface area contributed by atoms with E-state index in [1.807, 2.05) is 24.3 Å². The SMILES string of the molecule is NC(N)=NN=Cc1ccc(N2CCN(C(c3ccc(F)cc3)c3ccc(F)cc3)CC2)cc1. The normalized spacial score (nSPS) is 14.7. The maximum Gasteiger partial charge on any atom is 0.211 e. The number of hydrogen-bond acceptors (Lipinski definition) is 4. The molecule has 6 nitrogen and oxygen atoms in total. The third-order valence-corrected chi connectivity index (χ3v) is 5.69. The molecule has 3 aromatic rings. The summed E-state index contributed by atoms with van der Waals surface area (Å²) in [5.74, 6) is -0.623. The Bertz CT molecular complexity index is 1050. The highest BCUT2D eigenvalue weighted by Crippen LogP contribution is 2.31. The first-order chi connectivity index (χ1) is 16.0. The van der Waals surface area contributed by atoms with Gasteiger partial charge in [-0.25, -0.2) is 8.78 Å². The quantitative estimate of drug-likeness (QED) is 0.344. The highest BCUT2D eigenvalue weighted by atomic mass is 19.1. The Morgan fingerprint density at radius 3 is 1.76 bits per heavy atom. The Kier molecular flexibility index (Phi) is 6.95. The summed E-state index contributed by atoms with van der Waals surface area (Å²) >= 11 is 0. The second-order valence-corrected chi connectivity index (χ2v) is 7.89. The Labute approximate surface area is 191 Å². The molecule has 1 heterocycles. The lowest BCUT2D eigenvalue weighted by Gasteiger charge is -2.40. The van der Waals surface area contributed by atoms with Gasteiger partial charge in [0.05, 0.1) is 12.3 Å². The molecule has 1 fully saturated rings. The summed E-state index contributed by atoms with van der Waals surface area (Å²) in [6.07, 6.45) is 1.59. The number of guanidine groups is 1. The molecule has 0 radical (unpaired) electrons. The third-order valence-electron chi connectivity index (χ3n) is 5.69. The lowest BCUT2D eigenvalue weighted by molar-refractivity contribution is 0.212. The highest BCUT2D eigenvalue weighted by molar-refractivity contribution is 5.82. The van der Waals surface area contributed by atoms with E-state index >= 15 is 0 Å². The topological polar surface area (TPSA) is 83.2 Å². The summed E-state index contributed by atoms with van der Waals surface area (Å²) in [5, 5.41) is 7.43. The summed E-state index contributed by atoms with van der Waals surface area (Å²) in [6, 6.07) is 21.1. The van der Waals surface area contributed by atoms with Gasteiger partial charge in [-0.2, -0.15) is 5.10 Å². The zero-order chi connectivity index (χ0) is 23.2. The van der Waals surface area contributed by atoms with Crippen molar-refractivity contribution in [3.63, 3.8) is 0 Å². The number of anilines is 1. The van der Waals surface area contributed by atoms with Gasteiger partial charge in [0.25, 0.3) is 0 Å². The van der Waals surface area contributed by atoms with E-state index in [-0.39, 0.29) is 23.6 Å². The van der Waals surface area contributed by atoms with Gasteiger partial charge in [-0.05, 0) is 53.1 Å². The molecule has 4 N–H and O–H groups in total. The number of benzene rings is 3. The van der Waals surface area contributed by atoms with E-state index in [2.05, 4.69) is 20.0 Å². The summed E-state index contributed by atoms with van der Waals surface area (Å²) in [7, 11) is 0. The van der Waals surface area contributed by atoms with E-state index in [9.17, 15) is 8.78 Å². The minimum atomic E-state index is -0.270. The fourth-order valence-electron chi connectivity index (χ4n) is 4.08. The van der Waals surface area contributed by atoms with Gasteiger partial charge in [0.15, 0.2) is 0 Å². The van der Waals surface area contributed by atoms with Crippen LogP contribution in [0.2, 0.25) is 0 Å². The summed E-state index contributed by atoms with van der Waals surface area (Å²) in [5.41, 5.74) is 14.5. The molecule has 1 aliphatic rings. The first kappa shape index (κ1) is 22.4. The lowest BCUT2D eigenvalue weighted by Crippen LogP contribution is -2.48. The highest BCUT2D eigenvalue weighted by Gasteiger charge is 2.26. The summed E-state index contributed by atoms with van der Waals surface area (Å²) in [4.78, 5) is 4.67. The molecule has 0 atom stereocenters. The number of hydrogen-bond donors (Lipinski definition) is 2. The average molecular weight is 449 g/mol. The Morgan fingerprint density at radius 1 is 0.758 bits per heavy atom. The van der Waals surface area contributed by atoms with E-state index in [1.54, 1.807) is 30.5 Å². The van der Waals surface area contributed by atoms with E-state index in [0.29, 0.717) is 0 Å². The van der Waals surface area contributed by atoms with Gasteiger partial charge in [0.2, 0.25) is 5.96 Å². The Morgan fingerprint density at radius 2 is 1.27 bits per heavy atom. The second-order valence-electron chi connectivity index (χ2n) is 7.89. The van der Waals surface area contributed by atoms with E-state index in [0.717, 1.165) is 48.6 Å². The van der Waals surface area contributed by atoms with Crippen molar-refractivity contribution in [1.82, 2.24) is 4.90 Å². The summed E-state index contributed by atoms with van der Waals surface area (Å²) < 4.78 is 27.0. The average Bonchev–Trinajstić information content (AvgIpc) is 2.82. The number of halogens is 2. The Hall–Kier alpha value is -3.78. The molecule has 8 heteroatoms. The molecule has 4 rings (SSSR count). The van der Waals surface area contributed by atoms with Gasteiger partial charge in [-0.3, -0.25) is 4.90 Å². The van der Waals surface area contributed by atoms with Crippen molar-refractivity contribution in [2.75, 3.05) is 31.1 Å². The molecule has 3 aromatic carbocycles. The molecule has 33 heavy (non-hydrogen) atoms. The van der Waals surface area contributed by atoms with E-state index < -0.39 is 0 Å². The van der Waals surface area contributed by atoms with Crippen LogP contribution in [-0.4, -0.2) is 43.3 Å². The van der Waals surface area contributed by atoms with Crippen molar-refractivity contribution >= 4 is 17.9 Å². The molecule has 0 aliphatic carbocycles. The van der Waals surface area contributed by atoms with Crippen LogP contribution in [0.5, 0.6) is 0 Å². The molecule has 0 bridgehead atoms. The van der Waals surface area contributed by atoms with Crippen molar-refractivity contribution in [3.05, 3.63) is 101 Å². The van der Waals surface area contributed by atoms with Crippen LogP contribution in [0.4, 0.5) is 14.5 Å². The zero-order valence-corrected chi connectivity index (χ0v) is 18.1.